The summed E-state index contributed by atoms with van der Waals surface area (Å²) in [6, 6.07) is 0. The first-order chi connectivity index (χ1) is 6.68. The lowest BCUT2D eigenvalue weighted by Crippen LogP contribution is -1.89. The number of aromatic amines is 1. The molecule has 0 aliphatic rings. The van der Waals surface area contributed by atoms with Crippen molar-refractivity contribution >= 4 is 0 Å². The zero-order valence-electron chi connectivity index (χ0n) is 8.40. The summed E-state index contributed by atoms with van der Waals surface area (Å²) in [6.07, 6.45) is 1.40. The van der Waals surface area contributed by atoms with Gasteiger partial charge in [0.05, 0.1) is 5.69 Å². The molecule has 5 nitrogen and oxygen atoms in total. The zero-order valence-corrected chi connectivity index (χ0v) is 8.40. The van der Waals surface area contributed by atoms with E-state index in [2.05, 4.69) is 34.0 Å². The monoisotopic (exact) mass is 192 g/mol. The molecule has 0 aromatic carbocycles. The Morgan fingerprint density at radius 3 is 2.71 bits per heavy atom. The van der Waals surface area contributed by atoms with Gasteiger partial charge >= 0.3 is 0 Å². The molecule has 2 heterocycles. The predicted molar refractivity (Wildman–Crippen MR) is 50.7 cm³/mol. The first-order valence-electron chi connectivity index (χ1n) is 4.51. The van der Waals surface area contributed by atoms with Gasteiger partial charge in [0.2, 0.25) is 5.82 Å². The second-order valence-electron chi connectivity index (χ2n) is 3.47. The fourth-order valence-corrected chi connectivity index (χ4v) is 1.15. The molecule has 0 aliphatic carbocycles. The van der Waals surface area contributed by atoms with Crippen molar-refractivity contribution in [3.63, 3.8) is 0 Å². The van der Waals surface area contributed by atoms with Crippen molar-refractivity contribution in [2.24, 2.45) is 0 Å². The number of hydrogen-bond donors (Lipinski definition) is 1. The van der Waals surface area contributed by atoms with Crippen LogP contribution in [0.2, 0.25) is 0 Å². The molecular weight excluding hydrogens is 180 g/mol. The van der Waals surface area contributed by atoms with Crippen LogP contribution in [-0.2, 0) is 0 Å². The molecule has 0 radical (unpaired) electrons. The molecule has 2 aromatic heterocycles. The molecular formula is C9H12N4O. The largest absolute Gasteiger partial charge is 0.440 e. The van der Waals surface area contributed by atoms with Crippen LogP contribution in [-0.4, -0.2) is 20.2 Å². The summed E-state index contributed by atoms with van der Waals surface area (Å²) in [6.45, 7) is 5.97. The highest BCUT2D eigenvalue weighted by atomic mass is 16.3. The normalized spacial score (nSPS) is 11.1. The van der Waals surface area contributed by atoms with Gasteiger partial charge in [-0.15, -0.1) is 5.10 Å². The van der Waals surface area contributed by atoms with Gasteiger partial charge in [-0.3, -0.25) is 5.10 Å². The number of H-pyrrole nitrogens is 1. The van der Waals surface area contributed by atoms with E-state index in [0.717, 1.165) is 11.5 Å². The van der Waals surface area contributed by atoms with Crippen LogP contribution in [0.1, 0.15) is 31.3 Å². The van der Waals surface area contributed by atoms with Gasteiger partial charge < -0.3 is 4.42 Å². The highest BCUT2D eigenvalue weighted by Gasteiger charge is 2.13. The Morgan fingerprint density at radius 2 is 2.21 bits per heavy atom. The van der Waals surface area contributed by atoms with Crippen LogP contribution in [0.15, 0.2) is 10.8 Å². The average Bonchev–Trinajstić information content (AvgIpc) is 2.71. The predicted octanol–water partition coefficient (Wildman–Crippen LogP) is 1.89. The molecule has 0 amide bonds. The van der Waals surface area contributed by atoms with Crippen LogP contribution in [0.25, 0.3) is 11.6 Å². The number of rotatable bonds is 2. The molecule has 1 N–H and O–H groups in total. The van der Waals surface area contributed by atoms with E-state index in [-0.39, 0.29) is 0 Å². The Labute approximate surface area is 81.6 Å². The second kappa shape index (κ2) is 3.25. The Bertz CT molecular complexity index is 429. The summed E-state index contributed by atoms with van der Waals surface area (Å²) in [4.78, 5) is 8.30. The molecule has 14 heavy (non-hydrogen) atoms. The Balaban J connectivity index is 2.39. The van der Waals surface area contributed by atoms with E-state index in [1.54, 1.807) is 0 Å². The SMILES string of the molecule is Cc1ncoc1-c1n[nH]c(C(C)C)n1. The second-order valence-corrected chi connectivity index (χ2v) is 3.47. The van der Waals surface area contributed by atoms with E-state index >= 15 is 0 Å². The molecule has 2 rings (SSSR count). The summed E-state index contributed by atoms with van der Waals surface area (Å²) in [7, 11) is 0. The van der Waals surface area contributed by atoms with Gasteiger partial charge in [-0.25, -0.2) is 9.97 Å². The lowest BCUT2D eigenvalue weighted by Gasteiger charge is -1.94. The quantitative estimate of drug-likeness (QED) is 0.788. The molecule has 0 atom stereocenters. The van der Waals surface area contributed by atoms with E-state index in [0.29, 0.717) is 17.5 Å². The van der Waals surface area contributed by atoms with Crippen LogP contribution in [0.4, 0.5) is 0 Å². The smallest absolute Gasteiger partial charge is 0.218 e. The summed E-state index contributed by atoms with van der Waals surface area (Å²) in [5.74, 6) is 2.40. The third kappa shape index (κ3) is 1.41. The molecule has 2 aromatic rings. The summed E-state index contributed by atoms with van der Waals surface area (Å²) in [5, 5.41) is 6.94. The lowest BCUT2D eigenvalue weighted by molar-refractivity contribution is 0.567. The van der Waals surface area contributed by atoms with E-state index in [1.165, 1.54) is 6.39 Å². The molecule has 5 heteroatoms. The van der Waals surface area contributed by atoms with Gasteiger partial charge in [0, 0.05) is 5.92 Å². The molecule has 0 saturated heterocycles. The van der Waals surface area contributed by atoms with E-state index < -0.39 is 0 Å². The minimum absolute atomic E-state index is 0.333. The molecule has 0 unspecified atom stereocenters. The van der Waals surface area contributed by atoms with E-state index in [4.69, 9.17) is 4.42 Å². The Kier molecular flexibility index (Phi) is 2.07. The molecule has 74 valence electrons. The van der Waals surface area contributed by atoms with Crippen molar-refractivity contribution in [3.05, 3.63) is 17.9 Å². The number of aryl methyl sites for hydroxylation is 1. The van der Waals surface area contributed by atoms with Gasteiger partial charge in [-0.2, -0.15) is 0 Å². The maximum atomic E-state index is 5.19. The van der Waals surface area contributed by atoms with Crippen molar-refractivity contribution in [3.8, 4) is 11.6 Å². The summed E-state index contributed by atoms with van der Waals surface area (Å²) >= 11 is 0. The highest BCUT2D eigenvalue weighted by Crippen LogP contribution is 2.19. The number of oxazole rings is 1. The van der Waals surface area contributed by atoms with Crippen LogP contribution in [0.3, 0.4) is 0 Å². The molecule has 0 spiro atoms. The highest BCUT2D eigenvalue weighted by molar-refractivity contribution is 5.48. The van der Waals surface area contributed by atoms with Crippen LogP contribution in [0, 0.1) is 6.92 Å². The standard InChI is InChI=1S/C9H12N4O/c1-5(2)8-11-9(13-12-8)7-6(3)10-4-14-7/h4-5H,1-3H3,(H,11,12,13). The zero-order chi connectivity index (χ0) is 10.1. The average molecular weight is 192 g/mol. The van der Waals surface area contributed by atoms with Gasteiger partial charge in [-0.1, -0.05) is 13.8 Å². The number of nitrogens with zero attached hydrogens (tertiary/aromatic N) is 3. The Morgan fingerprint density at radius 1 is 1.43 bits per heavy atom. The van der Waals surface area contributed by atoms with Crippen LogP contribution < -0.4 is 0 Å². The number of hydrogen-bond acceptors (Lipinski definition) is 4. The third-order valence-electron chi connectivity index (χ3n) is 2.00. The van der Waals surface area contributed by atoms with E-state index in [1.807, 2.05) is 6.92 Å². The molecule has 0 bridgehead atoms. The fraction of sp³-hybridized carbons (Fsp3) is 0.444. The van der Waals surface area contributed by atoms with Gasteiger partial charge in [0.1, 0.15) is 5.82 Å². The minimum Gasteiger partial charge on any atom is -0.440 e. The fourth-order valence-electron chi connectivity index (χ4n) is 1.15. The summed E-state index contributed by atoms with van der Waals surface area (Å²) < 4.78 is 5.19. The topological polar surface area (TPSA) is 67.6 Å². The van der Waals surface area contributed by atoms with Gasteiger partial charge in [0.25, 0.3) is 0 Å². The first-order valence-corrected chi connectivity index (χ1v) is 4.51. The van der Waals surface area contributed by atoms with Crippen molar-refractivity contribution in [1.82, 2.24) is 20.2 Å². The first kappa shape index (κ1) is 8.93. The van der Waals surface area contributed by atoms with Gasteiger partial charge in [0.15, 0.2) is 12.2 Å². The summed E-state index contributed by atoms with van der Waals surface area (Å²) in [5.41, 5.74) is 0.805. The maximum absolute atomic E-state index is 5.19. The van der Waals surface area contributed by atoms with Gasteiger partial charge in [-0.05, 0) is 6.92 Å². The maximum Gasteiger partial charge on any atom is 0.218 e. The Hall–Kier alpha value is -1.65. The molecule has 0 fully saturated rings. The number of nitrogens with one attached hydrogen (secondary N) is 1. The molecule has 0 aliphatic heterocycles. The van der Waals surface area contributed by atoms with Crippen LogP contribution >= 0.6 is 0 Å². The minimum atomic E-state index is 0.333. The third-order valence-corrected chi connectivity index (χ3v) is 2.00. The van der Waals surface area contributed by atoms with E-state index in [9.17, 15) is 0 Å². The molecule has 0 saturated carbocycles. The lowest BCUT2D eigenvalue weighted by atomic mass is 10.2. The number of aromatic nitrogens is 4. The van der Waals surface area contributed by atoms with Crippen LogP contribution in [0.5, 0.6) is 0 Å². The van der Waals surface area contributed by atoms with Crippen molar-refractivity contribution < 1.29 is 4.42 Å². The van der Waals surface area contributed by atoms with Crippen molar-refractivity contribution in [2.75, 3.05) is 0 Å². The van der Waals surface area contributed by atoms with Crippen molar-refractivity contribution in [1.29, 1.82) is 0 Å². The van der Waals surface area contributed by atoms with Crippen molar-refractivity contribution in [2.45, 2.75) is 26.7 Å².